The van der Waals surface area contributed by atoms with Crippen molar-refractivity contribution in [1.82, 2.24) is 0 Å². The molecule has 0 bridgehead atoms. The van der Waals surface area contributed by atoms with Gasteiger partial charge in [-0.15, -0.1) is 0 Å². The SMILES string of the molecule is Cc1cc(C(C)(C)C)c(O)c(C(C)(C)C)c1.[Cl][Zr][Cl]. The predicted octanol–water partition coefficient (Wildman–Crippen LogP) is 5.67. The van der Waals surface area contributed by atoms with E-state index in [1.165, 1.54) is 5.56 Å². The summed E-state index contributed by atoms with van der Waals surface area (Å²) >= 11 is -0.826. The summed E-state index contributed by atoms with van der Waals surface area (Å²) in [6.07, 6.45) is 0. The van der Waals surface area contributed by atoms with E-state index in [9.17, 15) is 5.11 Å². The monoisotopic (exact) mass is 380 g/mol. The zero-order chi connectivity index (χ0) is 15.4. The molecular formula is C15H24Cl2OZr. The molecule has 1 rings (SSSR count). The van der Waals surface area contributed by atoms with E-state index < -0.39 is 20.8 Å². The van der Waals surface area contributed by atoms with Crippen LogP contribution in [0.2, 0.25) is 0 Å². The van der Waals surface area contributed by atoms with Crippen molar-refractivity contribution in [2.45, 2.75) is 59.3 Å². The van der Waals surface area contributed by atoms with E-state index in [1.54, 1.807) is 0 Å². The van der Waals surface area contributed by atoms with E-state index in [0.717, 1.165) is 11.1 Å². The number of hydrogen-bond donors (Lipinski definition) is 1. The summed E-state index contributed by atoms with van der Waals surface area (Å²) in [6, 6.07) is 4.18. The Labute approximate surface area is 136 Å². The van der Waals surface area contributed by atoms with Crippen LogP contribution in [0, 0.1) is 6.92 Å². The first-order valence-corrected chi connectivity index (χ1v) is 12.6. The molecular weight excluding hydrogens is 358 g/mol. The Bertz CT molecular complexity index is 382. The van der Waals surface area contributed by atoms with E-state index in [2.05, 4.69) is 60.6 Å². The molecule has 1 aromatic rings. The van der Waals surface area contributed by atoms with Gasteiger partial charge in [-0.2, -0.15) is 0 Å². The zero-order valence-electron chi connectivity index (χ0n) is 12.9. The molecule has 0 unspecified atom stereocenters. The van der Waals surface area contributed by atoms with Crippen LogP contribution in [0.4, 0.5) is 0 Å². The van der Waals surface area contributed by atoms with E-state index in [1.807, 2.05) is 0 Å². The molecule has 0 radical (unpaired) electrons. The van der Waals surface area contributed by atoms with E-state index in [0.29, 0.717) is 5.75 Å². The molecule has 0 aliphatic carbocycles. The van der Waals surface area contributed by atoms with Crippen molar-refractivity contribution >= 4 is 17.0 Å². The quantitative estimate of drug-likeness (QED) is 0.613. The van der Waals surface area contributed by atoms with E-state index >= 15 is 0 Å². The second kappa shape index (κ2) is 7.48. The van der Waals surface area contributed by atoms with E-state index in [-0.39, 0.29) is 10.8 Å². The van der Waals surface area contributed by atoms with Crippen molar-refractivity contribution in [2.75, 3.05) is 0 Å². The molecule has 0 spiro atoms. The van der Waals surface area contributed by atoms with Gasteiger partial charge in [-0.25, -0.2) is 0 Å². The minimum atomic E-state index is -0.826. The minimum absolute atomic E-state index is 0.0178. The number of benzene rings is 1. The first-order chi connectivity index (χ1) is 8.45. The van der Waals surface area contributed by atoms with Crippen LogP contribution in [0.5, 0.6) is 5.75 Å². The molecule has 0 aliphatic rings. The average Bonchev–Trinajstić information content (AvgIpc) is 2.19. The first kappa shape index (κ1) is 19.5. The van der Waals surface area contributed by atoms with Crippen molar-refractivity contribution < 1.29 is 26.0 Å². The van der Waals surface area contributed by atoms with Crippen LogP contribution in [0.1, 0.15) is 58.2 Å². The molecule has 4 heteroatoms. The number of aryl methyl sites for hydroxylation is 1. The molecule has 0 heterocycles. The van der Waals surface area contributed by atoms with Gasteiger partial charge >= 0.3 is 37.9 Å². The summed E-state index contributed by atoms with van der Waals surface area (Å²) in [5, 5.41) is 10.4. The van der Waals surface area contributed by atoms with Gasteiger partial charge in [0.25, 0.3) is 0 Å². The summed E-state index contributed by atoms with van der Waals surface area (Å²) in [7, 11) is 9.87. The first-order valence-electron chi connectivity index (χ1n) is 6.26. The normalized spacial score (nSPS) is 11.6. The third-order valence-corrected chi connectivity index (χ3v) is 2.87. The molecule has 1 aromatic carbocycles. The van der Waals surface area contributed by atoms with Crippen LogP contribution < -0.4 is 0 Å². The molecule has 0 saturated heterocycles. The maximum atomic E-state index is 10.4. The Morgan fingerprint density at radius 2 is 1.16 bits per heavy atom. The molecule has 1 nitrogen and oxygen atoms in total. The molecule has 0 aromatic heterocycles. The molecule has 0 aliphatic heterocycles. The van der Waals surface area contributed by atoms with Gasteiger partial charge in [-0.1, -0.05) is 59.2 Å². The zero-order valence-corrected chi connectivity index (χ0v) is 16.8. The molecule has 1 N–H and O–H groups in total. The van der Waals surface area contributed by atoms with Crippen molar-refractivity contribution in [3.05, 3.63) is 28.8 Å². The summed E-state index contributed by atoms with van der Waals surface area (Å²) in [6.45, 7) is 14.9. The molecule has 0 amide bonds. The average molecular weight is 382 g/mol. The van der Waals surface area contributed by atoms with Gasteiger partial charge in [0.05, 0.1) is 0 Å². The standard InChI is InChI=1S/C15H24O.2ClH.Zr/c1-10-8-11(14(2,3)4)13(16)12(9-10)15(5,6)7;;;/h8-9,16H,1-7H3;2*1H;/q;;;+2/p-2. The van der Waals surface area contributed by atoms with Crippen molar-refractivity contribution in [1.29, 1.82) is 0 Å². The van der Waals surface area contributed by atoms with Gasteiger partial charge in [-0.3, -0.25) is 0 Å². The van der Waals surface area contributed by atoms with Crippen molar-refractivity contribution in [3.63, 3.8) is 0 Å². The predicted molar refractivity (Wildman–Crippen MR) is 81.9 cm³/mol. The third kappa shape index (κ3) is 6.19. The number of hydrogen-bond acceptors (Lipinski definition) is 1. The van der Waals surface area contributed by atoms with Crippen LogP contribution in [-0.4, -0.2) is 5.11 Å². The fourth-order valence-electron chi connectivity index (χ4n) is 1.92. The van der Waals surface area contributed by atoms with Crippen LogP contribution in [-0.2, 0) is 31.7 Å². The Kier molecular flexibility index (Phi) is 7.67. The van der Waals surface area contributed by atoms with Crippen LogP contribution in [0.15, 0.2) is 12.1 Å². The molecule has 0 fully saturated rings. The second-order valence-electron chi connectivity index (χ2n) is 6.78. The fraction of sp³-hybridized carbons (Fsp3) is 0.600. The number of halogens is 2. The fourth-order valence-corrected chi connectivity index (χ4v) is 1.92. The van der Waals surface area contributed by atoms with Crippen LogP contribution >= 0.6 is 17.0 Å². The van der Waals surface area contributed by atoms with Crippen molar-refractivity contribution in [2.24, 2.45) is 0 Å². The number of aromatic hydroxyl groups is 1. The molecule has 0 saturated carbocycles. The summed E-state index contributed by atoms with van der Waals surface area (Å²) in [4.78, 5) is 0. The molecule has 0 atom stereocenters. The number of rotatable bonds is 0. The molecule has 108 valence electrons. The second-order valence-corrected chi connectivity index (χ2v) is 10.5. The van der Waals surface area contributed by atoms with Gasteiger partial charge in [0.1, 0.15) is 5.75 Å². The summed E-state index contributed by atoms with van der Waals surface area (Å²) < 4.78 is 0. The van der Waals surface area contributed by atoms with Crippen molar-refractivity contribution in [3.8, 4) is 5.75 Å². The Balaban J connectivity index is 0.000000982. The Morgan fingerprint density at radius 3 is 1.37 bits per heavy atom. The number of phenols is 1. The summed E-state index contributed by atoms with van der Waals surface area (Å²) in [5.41, 5.74) is 3.26. The van der Waals surface area contributed by atoms with Gasteiger partial charge in [0, 0.05) is 0 Å². The van der Waals surface area contributed by atoms with E-state index in [4.69, 9.17) is 17.0 Å². The van der Waals surface area contributed by atoms with Crippen LogP contribution in [0.3, 0.4) is 0 Å². The number of phenolic OH excluding ortho intramolecular Hbond substituents is 1. The molecule has 19 heavy (non-hydrogen) atoms. The van der Waals surface area contributed by atoms with Gasteiger partial charge in [0.15, 0.2) is 0 Å². The maximum absolute atomic E-state index is 10.4. The summed E-state index contributed by atoms with van der Waals surface area (Å²) in [5.74, 6) is 0.464. The van der Waals surface area contributed by atoms with Crippen LogP contribution in [0.25, 0.3) is 0 Å². The Morgan fingerprint density at radius 1 is 0.895 bits per heavy atom. The topological polar surface area (TPSA) is 20.2 Å². The Hall–Kier alpha value is 0.483. The van der Waals surface area contributed by atoms with Gasteiger partial charge in [0.2, 0.25) is 0 Å². The van der Waals surface area contributed by atoms with Gasteiger partial charge in [-0.05, 0) is 28.9 Å². The van der Waals surface area contributed by atoms with Gasteiger partial charge < -0.3 is 5.11 Å². The third-order valence-electron chi connectivity index (χ3n) is 2.87.